The molecule has 1 unspecified atom stereocenters. The molecule has 2 N–H and O–H groups in total. The van der Waals surface area contributed by atoms with Gasteiger partial charge in [-0.3, -0.25) is 0 Å². The van der Waals surface area contributed by atoms with E-state index < -0.39 is 0 Å². The van der Waals surface area contributed by atoms with Gasteiger partial charge < -0.3 is 14.9 Å². The highest BCUT2D eigenvalue weighted by molar-refractivity contribution is 5.82. The van der Waals surface area contributed by atoms with Crippen molar-refractivity contribution in [3.05, 3.63) is 48.7 Å². The van der Waals surface area contributed by atoms with E-state index in [1.54, 1.807) is 10.7 Å². The maximum absolute atomic E-state index is 5.92. The van der Waals surface area contributed by atoms with Crippen molar-refractivity contribution in [2.45, 2.75) is 6.92 Å². The average Bonchev–Trinajstić information content (AvgIpc) is 3.22. The third-order valence-corrected chi connectivity index (χ3v) is 3.93. The maximum Gasteiger partial charge on any atom is 0.231 e. The van der Waals surface area contributed by atoms with Gasteiger partial charge in [-0.15, -0.1) is 5.10 Å². The third kappa shape index (κ3) is 2.61. The summed E-state index contributed by atoms with van der Waals surface area (Å²) in [6, 6.07) is 13.6. The second kappa shape index (κ2) is 5.98. The highest BCUT2D eigenvalue weighted by Gasteiger charge is 2.13. The van der Waals surface area contributed by atoms with Crippen molar-refractivity contribution >= 4 is 16.6 Å². The highest BCUT2D eigenvalue weighted by atomic mass is 16.5. The Labute approximate surface area is 138 Å². The van der Waals surface area contributed by atoms with E-state index in [4.69, 9.17) is 14.9 Å². The van der Waals surface area contributed by atoms with Gasteiger partial charge in [0.05, 0.1) is 12.8 Å². The number of nitrogens with two attached hydrogens (primary N) is 1. The molecule has 4 rings (SSSR count). The zero-order valence-corrected chi connectivity index (χ0v) is 13.3. The number of rotatable bonds is 5. The molecule has 6 nitrogen and oxygen atoms in total. The molecule has 0 aliphatic carbocycles. The molecular weight excluding hydrogens is 304 g/mol. The molecule has 4 aromatic rings. The first-order valence-corrected chi connectivity index (χ1v) is 7.91. The summed E-state index contributed by atoms with van der Waals surface area (Å²) in [6.45, 7) is 3.15. The van der Waals surface area contributed by atoms with Crippen LogP contribution >= 0.6 is 0 Å². The second-order valence-electron chi connectivity index (χ2n) is 5.89. The van der Waals surface area contributed by atoms with E-state index >= 15 is 0 Å². The molecule has 122 valence electrons. The Hall–Kier alpha value is -2.86. The number of hydrogen-bond acceptors (Lipinski definition) is 5. The summed E-state index contributed by atoms with van der Waals surface area (Å²) in [5.74, 6) is 1.54. The minimum atomic E-state index is 0.278. The Balaban J connectivity index is 1.72. The molecule has 0 aliphatic heterocycles. The smallest absolute Gasteiger partial charge is 0.231 e. The lowest BCUT2D eigenvalue weighted by Gasteiger charge is -2.10. The number of para-hydroxylation sites is 1. The zero-order chi connectivity index (χ0) is 16.5. The Kier molecular flexibility index (Phi) is 3.66. The van der Waals surface area contributed by atoms with Crippen molar-refractivity contribution in [3.8, 4) is 17.3 Å². The summed E-state index contributed by atoms with van der Waals surface area (Å²) in [6.07, 6.45) is 1.76. The van der Waals surface area contributed by atoms with E-state index in [-0.39, 0.29) is 5.92 Å². The van der Waals surface area contributed by atoms with E-state index in [2.05, 4.69) is 10.1 Å². The quantitative estimate of drug-likeness (QED) is 0.611. The van der Waals surface area contributed by atoms with Gasteiger partial charge in [0.1, 0.15) is 11.3 Å². The van der Waals surface area contributed by atoms with Gasteiger partial charge in [0.15, 0.2) is 11.4 Å². The first-order chi connectivity index (χ1) is 11.7. The first kappa shape index (κ1) is 14.7. The summed E-state index contributed by atoms with van der Waals surface area (Å²) in [5, 5.41) is 5.57. The predicted octanol–water partition coefficient (Wildman–Crippen LogP) is 3.12. The van der Waals surface area contributed by atoms with Crippen molar-refractivity contribution in [2.24, 2.45) is 11.7 Å². The number of furan rings is 1. The van der Waals surface area contributed by atoms with Gasteiger partial charge in [-0.25, -0.2) is 9.50 Å². The normalized spacial score (nSPS) is 12.8. The summed E-state index contributed by atoms with van der Waals surface area (Å²) < 4.78 is 13.4. The lowest BCUT2D eigenvalue weighted by molar-refractivity contribution is 0.251. The van der Waals surface area contributed by atoms with Crippen molar-refractivity contribution in [3.63, 3.8) is 0 Å². The number of benzene rings is 1. The fraction of sp³-hybridized carbons (Fsp3) is 0.222. The van der Waals surface area contributed by atoms with Gasteiger partial charge in [-0.2, -0.15) is 0 Å². The van der Waals surface area contributed by atoms with Crippen molar-refractivity contribution in [1.29, 1.82) is 0 Å². The van der Waals surface area contributed by atoms with Crippen LogP contribution in [-0.2, 0) is 0 Å². The fourth-order valence-corrected chi connectivity index (χ4v) is 2.51. The Morgan fingerprint density at radius 1 is 1.25 bits per heavy atom. The highest BCUT2D eigenvalue weighted by Crippen LogP contribution is 2.28. The maximum atomic E-state index is 5.92. The molecule has 24 heavy (non-hydrogen) atoms. The number of ether oxygens (including phenoxy) is 1. The molecule has 3 heterocycles. The van der Waals surface area contributed by atoms with Gasteiger partial charge in [-0.1, -0.05) is 25.1 Å². The molecule has 0 spiro atoms. The Bertz CT molecular complexity index is 956. The van der Waals surface area contributed by atoms with Gasteiger partial charge in [0.2, 0.25) is 5.88 Å². The van der Waals surface area contributed by atoms with Crippen LogP contribution in [0.2, 0.25) is 0 Å². The molecule has 6 heteroatoms. The molecule has 0 fully saturated rings. The lowest BCUT2D eigenvalue weighted by atomic mass is 10.2. The van der Waals surface area contributed by atoms with E-state index in [0.717, 1.165) is 28.1 Å². The number of hydrogen-bond donors (Lipinski definition) is 1. The van der Waals surface area contributed by atoms with E-state index in [0.29, 0.717) is 19.0 Å². The van der Waals surface area contributed by atoms with Crippen molar-refractivity contribution in [1.82, 2.24) is 14.6 Å². The number of imidazole rings is 1. The van der Waals surface area contributed by atoms with Crippen LogP contribution < -0.4 is 10.5 Å². The third-order valence-electron chi connectivity index (χ3n) is 3.93. The van der Waals surface area contributed by atoms with E-state index in [1.807, 2.05) is 49.4 Å². The van der Waals surface area contributed by atoms with E-state index in [9.17, 15) is 0 Å². The van der Waals surface area contributed by atoms with Crippen LogP contribution in [0.25, 0.3) is 28.1 Å². The summed E-state index contributed by atoms with van der Waals surface area (Å²) in [7, 11) is 0. The summed E-state index contributed by atoms with van der Waals surface area (Å²) >= 11 is 0. The lowest BCUT2D eigenvalue weighted by Crippen LogP contribution is -2.18. The van der Waals surface area contributed by atoms with E-state index in [1.165, 1.54) is 0 Å². The van der Waals surface area contributed by atoms with Gasteiger partial charge in [-0.05, 0) is 24.7 Å². The molecule has 0 aliphatic rings. The molecule has 0 bridgehead atoms. The SMILES string of the molecule is CC(CN)COc1ccc2ncc(-c3cc4ccccc4o3)n2n1. The van der Waals surface area contributed by atoms with Gasteiger partial charge in [0, 0.05) is 17.4 Å². The Morgan fingerprint density at radius 2 is 2.12 bits per heavy atom. The predicted molar refractivity (Wildman–Crippen MR) is 91.9 cm³/mol. The van der Waals surface area contributed by atoms with Crippen LogP contribution in [-0.4, -0.2) is 27.7 Å². The first-order valence-electron chi connectivity index (χ1n) is 7.91. The van der Waals surface area contributed by atoms with Crippen molar-refractivity contribution in [2.75, 3.05) is 13.2 Å². The van der Waals surface area contributed by atoms with Gasteiger partial charge >= 0.3 is 0 Å². The van der Waals surface area contributed by atoms with Crippen LogP contribution in [0, 0.1) is 5.92 Å². The zero-order valence-electron chi connectivity index (χ0n) is 13.3. The van der Waals surface area contributed by atoms with Crippen LogP contribution in [0.3, 0.4) is 0 Å². The van der Waals surface area contributed by atoms with Crippen LogP contribution in [0.1, 0.15) is 6.92 Å². The van der Waals surface area contributed by atoms with Gasteiger partial charge in [0.25, 0.3) is 0 Å². The molecule has 3 aromatic heterocycles. The number of fused-ring (bicyclic) bond motifs is 2. The monoisotopic (exact) mass is 322 g/mol. The number of nitrogens with zero attached hydrogens (tertiary/aromatic N) is 3. The minimum absolute atomic E-state index is 0.278. The van der Waals surface area contributed by atoms with Crippen LogP contribution in [0.5, 0.6) is 5.88 Å². The standard InChI is InChI=1S/C18H18N4O2/c1-12(9-19)11-23-18-7-6-17-20-10-14(22(17)21-18)16-8-13-4-2-3-5-15(13)24-16/h2-8,10,12H,9,11,19H2,1H3. The average molecular weight is 322 g/mol. The molecular formula is C18H18N4O2. The van der Waals surface area contributed by atoms with Crippen molar-refractivity contribution < 1.29 is 9.15 Å². The molecule has 1 aromatic carbocycles. The summed E-state index contributed by atoms with van der Waals surface area (Å²) in [5.41, 5.74) is 7.99. The minimum Gasteiger partial charge on any atom is -0.476 e. The van der Waals surface area contributed by atoms with Crippen LogP contribution in [0.15, 0.2) is 53.1 Å². The molecule has 0 amide bonds. The Morgan fingerprint density at radius 3 is 2.96 bits per heavy atom. The largest absolute Gasteiger partial charge is 0.476 e. The summed E-state index contributed by atoms with van der Waals surface area (Å²) in [4.78, 5) is 4.38. The topological polar surface area (TPSA) is 78.6 Å². The number of aromatic nitrogens is 3. The molecule has 1 atom stereocenters. The molecule has 0 saturated heterocycles. The van der Waals surface area contributed by atoms with Crippen LogP contribution in [0.4, 0.5) is 0 Å². The second-order valence-corrected chi connectivity index (χ2v) is 5.89. The fourth-order valence-electron chi connectivity index (χ4n) is 2.51. The molecule has 0 saturated carbocycles. The molecule has 0 radical (unpaired) electrons.